The number of sulfonamides is 1. The van der Waals surface area contributed by atoms with Crippen LogP contribution in [0, 0.1) is 20.8 Å². The van der Waals surface area contributed by atoms with Gasteiger partial charge >= 0.3 is 0 Å². The summed E-state index contributed by atoms with van der Waals surface area (Å²) in [7, 11) is -3.53. The van der Waals surface area contributed by atoms with E-state index in [0.29, 0.717) is 11.4 Å². The molecule has 3 rings (SSSR count). The van der Waals surface area contributed by atoms with Crippen LogP contribution in [0.2, 0.25) is 0 Å². The van der Waals surface area contributed by atoms with Gasteiger partial charge in [0.25, 0.3) is 0 Å². The molecule has 4 nitrogen and oxygen atoms in total. The third kappa shape index (κ3) is 3.03. The highest BCUT2D eigenvalue weighted by molar-refractivity contribution is 8.01. The first kappa shape index (κ1) is 16.5. The van der Waals surface area contributed by atoms with Gasteiger partial charge in [0, 0.05) is 24.7 Å². The maximum absolute atomic E-state index is 13.3. The van der Waals surface area contributed by atoms with Crippen molar-refractivity contribution in [1.82, 2.24) is 9.29 Å². The minimum absolute atomic E-state index is 0.200. The highest BCUT2D eigenvalue weighted by Crippen LogP contribution is 2.42. The fourth-order valence-electron chi connectivity index (χ4n) is 3.18. The minimum atomic E-state index is -3.53. The van der Waals surface area contributed by atoms with Gasteiger partial charge in [0.2, 0.25) is 10.0 Å². The standard InChI is InChI=1S/C17H20N2O2S2/c1-12-9-13(2)16(14(3)10-12)23(20,21)19-7-8-22-17(19)15-5-4-6-18-11-15/h4-6,9-11,17H,7-8H2,1-3H3/t17-/m1/s1. The number of hydrogen-bond acceptors (Lipinski definition) is 4. The minimum Gasteiger partial charge on any atom is -0.264 e. The topological polar surface area (TPSA) is 50.3 Å². The zero-order valence-corrected chi connectivity index (χ0v) is 15.1. The van der Waals surface area contributed by atoms with E-state index in [1.54, 1.807) is 28.5 Å². The van der Waals surface area contributed by atoms with E-state index in [2.05, 4.69) is 4.98 Å². The van der Waals surface area contributed by atoms with E-state index in [0.717, 1.165) is 28.0 Å². The van der Waals surface area contributed by atoms with Crippen molar-refractivity contribution in [3.63, 3.8) is 0 Å². The normalized spacial score (nSPS) is 19.2. The van der Waals surface area contributed by atoms with Gasteiger partial charge in [0.05, 0.1) is 10.3 Å². The summed E-state index contributed by atoms with van der Waals surface area (Å²) in [5.74, 6) is 0.794. The van der Waals surface area contributed by atoms with Crippen molar-refractivity contribution in [2.75, 3.05) is 12.3 Å². The maximum Gasteiger partial charge on any atom is 0.244 e. The third-order valence-corrected chi connectivity index (χ3v) is 7.55. The molecule has 2 heterocycles. The second-order valence-electron chi connectivity index (χ2n) is 5.85. The molecule has 1 aromatic heterocycles. The van der Waals surface area contributed by atoms with Crippen molar-refractivity contribution < 1.29 is 8.42 Å². The van der Waals surface area contributed by atoms with E-state index >= 15 is 0 Å². The van der Waals surface area contributed by atoms with E-state index in [1.807, 2.05) is 45.0 Å². The van der Waals surface area contributed by atoms with E-state index in [1.165, 1.54) is 0 Å². The maximum atomic E-state index is 13.3. The van der Waals surface area contributed by atoms with Crippen LogP contribution in [0.15, 0.2) is 41.6 Å². The van der Waals surface area contributed by atoms with Crippen LogP contribution in [0.5, 0.6) is 0 Å². The van der Waals surface area contributed by atoms with Crippen molar-refractivity contribution in [3.8, 4) is 0 Å². The molecular weight excluding hydrogens is 328 g/mol. The molecule has 23 heavy (non-hydrogen) atoms. The first-order valence-electron chi connectivity index (χ1n) is 7.52. The zero-order chi connectivity index (χ0) is 16.6. The number of hydrogen-bond donors (Lipinski definition) is 0. The molecule has 1 atom stereocenters. The predicted octanol–water partition coefficient (Wildman–Crippen LogP) is 3.44. The predicted molar refractivity (Wildman–Crippen MR) is 94.0 cm³/mol. The Morgan fingerprint density at radius 1 is 1.22 bits per heavy atom. The molecule has 6 heteroatoms. The summed E-state index contributed by atoms with van der Waals surface area (Å²) in [6, 6.07) is 7.65. The molecule has 1 aromatic carbocycles. The zero-order valence-electron chi connectivity index (χ0n) is 13.5. The number of nitrogens with zero attached hydrogens (tertiary/aromatic N) is 2. The molecule has 0 saturated carbocycles. The largest absolute Gasteiger partial charge is 0.264 e. The molecule has 0 N–H and O–H groups in total. The van der Waals surface area contributed by atoms with E-state index in [9.17, 15) is 8.42 Å². The first-order valence-corrected chi connectivity index (χ1v) is 10.0. The summed E-state index contributed by atoms with van der Waals surface area (Å²) in [6.07, 6.45) is 3.45. The monoisotopic (exact) mass is 348 g/mol. The molecule has 122 valence electrons. The van der Waals surface area contributed by atoms with Crippen molar-refractivity contribution in [3.05, 3.63) is 58.9 Å². The molecular formula is C17H20N2O2S2. The second kappa shape index (κ2) is 6.26. The van der Waals surface area contributed by atoms with Crippen LogP contribution in [-0.4, -0.2) is 30.0 Å². The molecule has 0 radical (unpaired) electrons. The average molecular weight is 348 g/mol. The Kier molecular flexibility index (Phi) is 4.49. The van der Waals surface area contributed by atoms with Crippen LogP contribution in [0.1, 0.15) is 27.6 Å². The molecule has 0 aliphatic carbocycles. The van der Waals surface area contributed by atoms with Gasteiger partial charge in [0.15, 0.2) is 0 Å². The lowest BCUT2D eigenvalue weighted by Gasteiger charge is -2.25. The van der Waals surface area contributed by atoms with Gasteiger partial charge in [0.1, 0.15) is 0 Å². The average Bonchev–Trinajstić information content (AvgIpc) is 2.97. The fourth-order valence-corrected chi connectivity index (χ4v) is 6.81. The number of aryl methyl sites for hydroxylation is 3. The number of pyridine rings is 1. The van der Waals surface area contributed by atoms with Crippen LogP contribution in [0.4, 0.5) is 0 Å². The smallest absolute Gasteiger partial charge is 0.244 e. The van der Waals surface area contributed by atoms with Crippen LogP contribution in [-0.2, 0) is 10.0 Å². The van der Waals surface area contributed by atoms with Crippen molar-refractivity contribution in [2.24, 2.45) is 0 Å². The molecule has 1 aliphatic rings. The van der Waals surface area contributed by atoms with Gasteiger partial charge in [-0.2, -0.15) is 4.31 Å². The van der Waals surface area contributed by atoms with Gasteiger partial charge in [-0.25, -0.2) is 8.42 Å². The highest BCUT2D eigenvalue weighted by atomic mass is 32.2. The van der Waals surface area contributed by atoms with Crippen molar-refractivity contribution in [1.29, 1.82) is 0 Å². The number of aromatic nitrogens is 1. The SMILES string of the molecule is Cc1cc(C)c(S(=O)(=O)N2CCS[C@@H]2c2cccnc2)c(C)c1. The quantitative estimate of drug-likeness (QED) is 0.852. The van der Waals surface area contributed by atoms with Gasteiger partial charge in [-0.3, -0.25) is 4.98 Å². The summed E-state index contributed by atoms with van der Waals surface area (Å²) in [4.78, 5) is 4.57. The van der Waals surface area contributed by atoms with Crippen LogP contribution in [0.25, 0.3) is 0 Å². The molecule has 1 aliphatic heterocycles. The Bertz CT molecular complexity index is 797. The van der Waals surface area contributed by atoms with Crippen LogP contribution < -0.4 is 0 Å². The van der Waals surface area contributed by atoms with E-state index in [4.69, 9.17) is 0 Å². The van der Waals surface area contributed by atoms with Crippen LogP contribution in [0.3, 0.4) is 0 Å². The Hall–Kier alpha value is -1.37. The van der Waals surface area contributed by atoms with Crippen molar-refractivity contribution >= 4 is 21.8 Å². The molecule has 0 bridgehead atoms. The lowest BCUT2D eigenvalue weighted by Crippen LogP contribution is -2.31. The molecule has 2 aromatic rings. The summed E-state index contributed by atoms with van der Waals surface area (Å²) >= 11 is 1.65. The van der Waals surface area contributed by atoms with Gasteiger partial charge in [-0.05, 0) is 43.5 Å². The lowest BCUT2D eigenvalue weighted by atomic mass is 10.1. The van der Waals surface area contributed by atoms with E-state index in [-0.39, 0.29) is 5.37 Å². The summed E-state index contributed by atoms with van der Waals surface area (Å²) in [5.41, 5.74) is 3.63. The molecule has 0 spiro atoms. The Morgan fingerprint density at radius 3 is 2.52 bits per heavy atom. The number of rotatable bonds is 3. The van der Waals surface area contributed by atoms with Crippen molar-refractivity contribution in [2.45, 2.75) is 31.0 Å². The summed E-state index contributed by atoms with van der Waals surface area (Å²) in [5, 5.41) is -0.200. The highest BCUT2D eigenvalue weighted by Gasteiger charge is 2.38. The lowest BCUT2D eigenvalue weighted by molar-refractivity contribution is 0.433. The third-order valence-electron chi connectivity index (χ3n) is 3.99. The Labute approximate surface area is 142 Å². The Morgan fingerprint density at radius 2 is 1.91 bits per heavy atom. The molecule has 1 fully saturated rings. The molecule has 0 amide bonds. The number of benzene rings is 1. The van der Waals surface area contributed by atoms with Gasteiger partial charge < -0.3 is 0 Å². The molecule has 1 saturated heterocycles. The van der Waals surface area contributed by atoms with E-state index < -0.39 is 10.0 Å². The van der Waals surface area contributed by atoms with Gasteiger partial charge in [-0.1, -0.05) is 23.8 Å². The fraction of sp³-hybridized carbons (Fsp3) is 0.353. The Balaban J connectivity index is 2.06. The summed E-state index contributed by atoms with van der Waals surface area (Å²) in [6.45, 7) is 6.25. The van der Waals surface area contributed by atoms with Crippen LogP contribution >= 0.6 is 11.8 Å². The number of thioether (sulfide) groups is 1. The summed E-state index contributed by atoms with van der Waals surface area (Å²) < 4.78 is 28.1. The van der Waals surface area contributed by atoms with Gasteiger partial charge in [-0.15, -0.1) is 11.8 Å². The molecule has 0 unspecified atom stereocenters. The second-order valence-corrected chi connectivity index (χ2v) is 8.87. The first-order chi connectivity index (χ1) is 10.9.